The lowest BCUT2D eigenvalue weighted by atomic mass is 10.2. The lowest BCUT2D eigenvalue weighted by Gasteiger charge is -2.28. The molecule has 1 aliphatic rings. The number of aryl methyl sites for hydroxylation is 1. The molecule has 0 spiro atoms. The lowest BCUT2D eigenvalue weighted by molar-refractivity contribution is -0.113. The molecular formula is C21H30N6O4S2. The fourth-order valence-electron chi connectivity index (χ4n) is 3.50. The van der Waals surface area contributed by atoms with Crippen LogP contribution in [0.1, 0.15) is 19.5 Å². The van der Waals surface area contributed by atoms with Gasteiger partial charge in [0.15, 0.2) is 5.16 Å². The van der Waals surface area contributed by atoms with Crippen molar-refractivity contribution in [2.75, 3.05) is 61.1 Å². The fraction of sp³-hybridized carbons (Fsp3) is 0.476. The molecule has 3 rings (SSSR count). The van der Waals surface area contributed by atoms with Gasteiger partial charge >= 0.3 is 0 Å². The average Bonchev–Trinajstić information content (AvgIpc) is 2.79. The first kappa shape index (κ1) is 25.2. The average molecular weight is 495 g/mol. The Bertz CT molecular complexity index is 1070. The number of nitrogens with two attached hydrogens (primary N) is 1. The molecule has 10 nitrogen and oxygen atoms in total. The highest BCUT2D eigenvalue weighted by atomic mass is 32.2. The Labute approximate surface area is 199 Å². The highest BCUT2D eigenvalue weighted by molar-refractivity contribution is 7.99. The molecule has 2 aromatic rings. The minimum Gasteiger partial charge on any atom is -0.384 e. The van der Waals surface area contributed by atoms with Gasteiger partial charge in [-0.2, -0.15) is 4.31 Å². The van der Waals surface area contributed by atoms with Gasteiger partial charge in [0.2, 0.25) is 15.9 Å². The molecule has 0 atom stereocenters. The smallest absolute Gasteiger partial charge is 0.243 e. The first-order valence-electron chi connectivity index (χ1n) is 10.7. The van der Waals surface area contributed by atoms with Gasteiger partial charge in [0, 0.05) is 37.9 Å². The third kappa shape index (κ3) is 6.34. The summed E-state index contributed by atoms with van der Waals surface area (Å²) < 4.78 is 32.9. The number of benzene rings is 1. The van der Waals surface area contributed by atoms with Crippen LogP contribution < -0.4 is 16.0 Å². The monoisotopic (exact) mass is 494 g/mol. The SMILES string of the molecule is CCN(CC)c1ccc(S(=O)(=O)N2CCOCC2)cc1NC(=O)CSc1nc(C)cc(N)n1. The molecule has 1 aromatic heterocycles. The van der Waals surface area contributed by atoms with Crippen molar-refractivity contribution >= 4 is 44.9 Å². The van der Waals surface area contributed by atoms with Gasteiger partial charge in [0.1, 0.15) is 5.82 Å². The minimum atomic E-state index is -3.70. The molecule has 3 N–H and O–H groups in total. The number of ether oxygens (including phenoxy) is 1. The second-order valence-electron chi connectivity index (χ2n) is 7.42. The summed E-state index contributed by atoms with van der Waals surface area (Å²) in [5.74, 6) is 0.106. The van der Waals surface area contributed by atoms with Crippen molar-refractivity contribution in [3.63, 3.8) is 0 Å². The van der Waals surface area contributed by atoms with E-state index in [0.29, 0.717) is 56.1 Å². The van der Waals surface area contributed by atoms with E-state index in [1.165, 1.54) is 22.1 Å². The Morgan fingerprint density at radius 2 is 1.91 bits per heavy atom. The van der Waals surface area contributed by atoms with E-state index in [0.717, 1.165) is 11.4 Å². The second-order valence-corrected chi connectivity index (χ2v) is 10.3. The van der Waals surface area contributed by atoms with E-state index in [4.69, 9.17) is 10.5 Å². The number of aromatic nitrogens is 2. The van der Waals surface area contributed by atoms with Crippen molar-refractivity contribution in [3.8, 4) is 0 Å². The Kier molecular flexibility index (Phi) is 8.51. The molecule has 0 radical (unpaired) electrons. The van der Waals surface area contributed by atoms with Gasteiger partial charge < -0.3 is 20.7 Å². The number of carbonyl (C=O) groups is 1. The quantitative estimate of drug-likeness (QED) is 0.397. The van der Waals surface area contributed by atoms with Gasteiger partial charge in [-0.1, -0.05) is 11.8 Å². The molecule has 1 amide bonds. The normalized spacial score (nSPS) is 14.8. The first-order valence-corrected chi connectivity index (χ1v) is 13.2. The zero-order valence-electron chi connectivity index (χ0n) is 19.1. The number of hydrogen-bond donors (Lipinski definition) is 2. The first-order chi connectivity index (χ1) is 15.7. The van der Waals surface area contributed by atoms with Crippen LogP contribution in [0.2, 0.25) is 0 Å². The van der Waals surface area contributed by atoms with Crippen LogP contribution in [-0.2, 0) is 19.6 Å². The molecule has 1 aromatic carbocycles. The van der Waals surface area contributed by atoms with Crippen molar-refractivity contribution in [1.29, 1.82) is 0 Å². The Morgan fingerprint density at radius 3 is 2.55 bits per heavy atom. The van der Waals surface area contributed by atoms with Gasteiger partial charge in [0.25, 0.3) is 0 Å². The maximum absolute atomic E-state index is 13.1. The largest absolute Gasteiger partial charge is 0.384 e. The summed E-state index contributed by atoms with van der Waals surface area (Å²) in [6.07, 6.45) is 0. The van der Waals surface area contributed by atoms with Crippen LogP contribution in [0.5, 0.6) is 0 Å². The summed E-state index contributed by atoms with van der Waals surface area (Å²) in [6.45, 7) is 8.56. The molecule has 0 saturated carbocycles. The summed E-state index contributed by atoms with van der Waals surface area (Å²) >= 11 is 1.17. The summed E-state index contributed by atoms with van der Waals surface area (Å²) in [7, 11) is -3.70. The Morgan fingerprint density at radius 1 is 1.21 bits per heavy atom. The molecule has 1 aliphatic heterocycles. The minimum absolute atomic E-state index is 0.0566. The summed E-state index contributed by atoms with van der Waals surface area (Å²) in [5, 5.41) is 3.29. The van der Waals surface area contributed by atoms with Crippen LogP contribution in [0.3, 0.4) is 0 Å². The van der Waals surface area contributed by atoms with Crippen LogP contribution in [0, 0.1) is 6.92 Å². The van der Waals surface area contributed by atoms with Crippen LogP contribution in [0.4, 0.5) is 17.2 Å². The molecule has 0 unspecified atom stereocenters. The van der Waals surface area contributed by atoms with E-state index in [2.05, 4.69) is 20.2 Å². The van der Waals surface area contributed by atoms with E-state index in [1.807, 2.05) is 13.8 Å². The summed E-state index contributed by atoms with van der Waals surface area (Å²) in [6, 6.07) is 6.52. The number of amides is 1. The highest BCUT2D eigenvalue weighted by Crippen LogP contribution is 2.31. The number of nitrogens with one attached hydrogen (secondary N) is 1. The number of nitrogens with zero attached hydrogens (tertiary/aromatic N) is 4. The summed E-state index contributed by atoms with van der Waals surface area (Å²) in [5.41, 5.74) is 7.68. The van der Waals surface area contributed by atoms with Crippen molar-refractivity contribution < 1.29 is 17.9 Å². The molecule has 1 fully saturated rings. The number of hydrogen-bond acceptors (Lipinski definition) is 9. The van der Waals surface area contributed by atoms with Crippen molar-refractivity contribution in [2.45, 2.75) is 30.8 Å². The van der Waals surface area contributed by atoms with Gasteiger partial charge in [-0.25, -0.2) is 18.4 Å². The van der Waals surface area contributed by atoms with Crippen LogP contribution in [0.15, 0.2) is 34.3 Å². The molecule has 2 heterocycles. The third-order valence-corrected chi connectivity index (χ3v) is 7.88. The topological polar surface area (TPSA) is 131 Å². The highest BCUT2D eigenvalue weighted by Gasteiger charge is 2.27. The number of sulfonamides is 1. The van der Waals surface area contributed by atoms with E-state index in [-0.39, 0.29) is 16.6 Å². The molecule has 180 valence electrons. The van der Waals surface area contributed by atoms with Gasteiger partial charge in [0.05, 0.1) is 35.2 Å². The van der Waals surface area contributed by atoms with E-state index in [9.17, 15) is 13.2 Å². The van der Waals surface area contributed by atoms with E-state index >= 15 is 0 Å². The fourth-order valence-corrected chi connectivity index (χ4v) is 5.64. The number of carbonyl (C=O) groups excluding carboxylic acids is 1. The van der Waals surface area contributed by atoms with E-state index < -0.39 is 10.0 Å². The van der Waals surface area contributed by atoms with Crippen LogP contribution >= 0.6 is 11.8 Å². The lowest BCUT2D eigenvalue weighted by Crippen LogP contribution is -2.40. The van der Waals surface area contributed by atoms with Gasteiger partial charge in [-0.3, -0.25) is 4.79 Å². The summed E-state index contributed by atoms with van der Waals surface area (Å²) in [4.78, 5) is 23.3. The van der Waals surface area contributed by atoms with Crippen LogP contribution in [-0.4, -0.2) is 73.7 Å². The zero-order chi connectivity index (χ0) is 24.0. The predicted octanol–water partition coefficient (Wildman–Crippen LogP) is 1.97. The Balaban J connectivity index is 1.84. The maximum atomic E-state index is 13.1. The molecular weight excluding hydrogens is 464 g/mol. The van der Waals surface area contributed by atoms with Gasteiger partial charge in [-0.15, -0.1) is 0 Å². The van der Waals surface area contributed by atoms with Crippen LogP contribution in [0.25, 0.3) is 0 Å². The number of anilines is 3. The van der Waals surface area contributed by atoms with Crippen molar-refractivity contribution in [1.82, 2.24) is 14.3 Å². The maximum Gasteiger partial charge on any atom is 0.243 e. The zero-order valence-corrected chi connectivity index (χ0v) is 20.7. The van der Waals surface area contributed by atoms with E-state index in [1.54, 1.807) is 25.1 Å². The molecule has 12 heteroatoms. The molecule has 0 bridgehead atoms. The van der Waals surface area contributed by atoms with Gasteiger partial charge in [-0.05, 0) is 39.0 Å². The predicted molar refractivity (Wildman–Crippen MR) is 130 cm³/mol. The third-order valence-electron chi connectivity index (χ3n) is 5.14. The second kappa shape index (κ2) is 11.1. The Hall–Kier alpha value is -2.41. The molecule has 33 heavy (non-hydrogen) atoms. The standard InChI is InChI=1S/C21H30N6O4S2/c1-4-26(5-2)18-7-6-16(33(29,30)27-8-10-31-11-9-27)13-17(18)24-20(28)14-32-21-23-15(3)12-19(22)25-21/h6-7,12-13H,4-5,8-11,14H2,1-3H3,(H,24,28)(H2,22,23,25). The number of rotatable bonds is 9. The number of nitrogen functional groups attached to an aromatic ring is 1. The van der Waals surface area contributed by atoms with Crippen molar-refractivity contribution in [3.05, 3.63) is 30.0 Å². The number of morpholine rings is 1. The molecule has 1 saturated heterocycles. The molecule has 0 aliphatic carbocycles. The number of thioether (sulfide) groups is 1. The van der Waals surface area contributed by atoms with Crippen molar-refractivity contribution in [2.24, 2.45) is 0 Å².